The number of nitrogens with zero attached hydrogens (tertiary/aromatic N) is 2. The lowest BCUT2D eigenvalue weighted by Gasteiger charge is -2.31. The van der Waals surface area contributed by atoms with E-state index >= 15 is 0 Å². The van der Waals surface area contributed by atoms with Crippen molar-refractivity contribution in [3.8, 4) is 0 Å². The third-order valence-corrected chi connectivity index (χ3v) is 4.41. The summed E-state index contributed by atoms with van der Waals surface area (Å²) in [6.45, 7) is 2.34. The van der Waals surface area contributed by atoms with Crippen molar-refractivity contribution < 1.29 is 5.11 Å². The third-order valence-electron chi connectivity index (χ3n) is 4.41. The molecule has 1 saturated carbocycles. The largest absolute Gasteiger partial charge is 0.389 e. The van der Waals surface area contributed by atoms with Crippen LogP contribution in [0.4, 0.5) is 0 Å². The molecule has 0 spiro atoms. The fourth-order valence-corrected chi connectivity index (χ4v) is 3.34. The van der Waals surface area contributed by atoms with Gasteiger partial charge in [-0.2, -0.15) is 0 Å². The Morgan fingerprint density at radius 3 is 2.36 bits per heavy atom. The zero-order valence-electron chi connectivity index (χ0n) is 13.0. The lowest BCUT2D eigenvalue weighted by atomic mass is 10.0. The first-order chi connectivity index (χ1) is 10.7. The van der Waals surface area contributed by atoms with Crippen LogP contribution < -0.4 is 0 Å². The molecule has 2 aromatic rings. The lowest BCUT2D eigenvalue weighted by molar-refractivity contribution is 0.00420. The summed E-state index contributed by atoms with van der Waals surface area (Å²) in [5.41, 5.74) is 1.81. The second-order valence-corrected chi connectivity index (χ2v) is 6.38. The SMILES string of the molecule is OC1(CN(Cc2ccccc2)Cc2ccccn2)CCCC1. The molecule has 3 nitrogen and oxygen atoms in total. The molecule has 1 aromatic carbocycles. The van der Waals surface area contributed by atoms with E-state index in [9.17, 15) is 5.11 Å². The van der Waals surface area contributed by atoms with Crippen molar-refractivity contribution in [2.45, 2.75) is 44.4 Å². The van der Waals surface area contributed by atoms with Gasteiger partial charge in [-0.05, 0) is 30.5 Å². The number of aromatic nitrogens is 1. The smallest absolute Gasteiger partial charge is 0.0774 e. The molecule has 116 valence electrons. The molecule has 1 aliphatic rings. The number of benzene rings is 1. The Kier molecular flexibility index (Phi) is 4.86. The van der Waals surface area contributed by atoms with Crippen LogP contribution in [0.2, 0.25) is 0 Å². The minimum atomic E-state index is -0.524. The Morgan fingerprint density at radius 1 is 0.955 bits per heavy atom. The Labute approximate surface area is 132 Å². The molecule has 1 aliphatic carbocycles. The predicted molar refractivity (Wildman–Crippen MR) is 88.2 cm³/mol. The van der Waals surface area contributed by atoms with Gasteiger partial charge in [-0.15, -0.1) is 0 Å². The van der Waals surface area contributed by atoms with Crippen molar-refractivity contribution in [3.63, 3.8) is 0 Å². The van der Waals surface area contributed by atoms with E-state index in [0.29, 0.717) is 0 Å². The van der Waals surface area contributed by atoms with Crippen molar-refractivity contribution in [2.24, 2.45) is 0 Å². The van der Waals surface area contributed by atoms with Crippen LogP contribution in [0.1, 0.15) is 36.9 Å². The van der Waals surface area contributed by atoms with Crippen molar-refractivity contribution in [1.29, 1.82) is 0 Å². The molecule has 3 rings (SSSR count). The Balaban J connectivity index is 1.72. The van der Waals surface area contributed by atoms with E-state index in [1.54, 1.807) is 0 Å². The van der Waals surface area contributed by atoms with E-state index in [0.717, 1.165) is 51.0 Å². The third kappa shape index (κ3) is 4.15. The fourth-order valence-electron chi connectivity index (χ4n) is 3.34. The number of hydrogen-bond acceptors (Lipinski definition) is 3. The minimum Gasteiger partial charge on any atom is -0.389 e. The highest BCUT2D eigenvalue weighted by atomic mass is 16.3. The van der Waals surface area contributed by atoms with Gasteiger partial charge in [0.2, 0.25) is 0 Å². The normalized spacial score (nSPS) is 17.0. The summed E-state index contributed by atoms with van der Waals surface area (Å²) in [5.74, 6) is 0. The van der Waals surface area contributed by atoms with Gasteiger partial charge in [0.25, 0.3) is 0 Å². The number of hydrogen-bond donors (Lipinski definition) is 1. The number of pyridine rings is 1. The average molecular weight is 296 g/mol. The molecule has 0 aliphatic heterocycles. The van der Waals surface area contributed by atoms with Gasteiger partial charge in [-0.1, -0.05) is 49.2 Å². The first kappa shape index (κ1) is 15.2. The molecule has 1 N–H and O–H groups in total. The molecule has 1 heterocycles. The highest BCUT2D eigenvalue weighted by Gasteiger charge is 2.33. The first-order valence-electron chi connectivity index (χ1n) is 8.12. The maximum absolute atomic E-state index is 10.8. The minimum absolute atomic E-state index is 0.524. The highest BCUT2D eigenvalue weighted by molar-refractivity contribution is 5.15. The molecule has 0 amide bonds. The van der Waals surface area contributed by atoms with E-state index in [1.807, 2.05) is 24.4 Å². The van der Waals surface area contributed by atoms with Crippen LogP contribution in [0, 0.1) is 0 Å². The fraction of sp³-hybridized carbons (Fsp3) is 0.421. The van der Waals surface area contributed by atoms with Crippen molar-refractivity contribution in [2.75, 3.05) is 6.54 Å². The average Bonchev–Trinajstić information content (AvgIpc) is 2.95. The number of rotatable bonds is 6. The van der Waals surface area contributed by atoms with Crippen molar-refractivity contribution in [3.05, 3.63) is 66.0 Å². The van der Waals surface area contributed by atoms with Gasteiger partial charge >= 0.3 is 0 Å². The van der Waals surface area contributed by atoms with Crippen LogP contribution in [0.15, 0.2) is 54.7 Å². The quantitative estimate of drug-likeness (QED) is 0.887. The molecule has 0 saturated heterocycles. The zero-order valence-corrected chi connectivity index (χ0v) is 13.0. The van der Waals surface area contributed by atoms with Crippen LogP contribution in [0.3, 0.4) is 0 Å². The van der Waals surface area contributed by atoms with Crippen LogP contribution in [-0.2, 0) is 13.1 Å². The molecule has 1 aromatic heterocycles. The maximum Gasteiger partial charge on any atom is 0.0774 e. The second kappa shape index (κ2) is 7.03. The number of aliphatic hydroxyl groups is 1. The summed E-state index contributed by atoms with van der Waals surface area (Å²) in [4.78, 5) is 6.76. The maximum atomic E-state index is 10.8. The van der Waals surface area contributed by atoms with Crippen molar-refractivity contribution in [1.82, 2.24) is 9.88 Å². The zero-order chi connectivity index (χ0) is 15.3. The van der Waals surface area contributed by atoms with E-state index in [1.165, 1.54) is 5.56 Å². The molecule has 1 fully saturated rings. The molecule has 0 radical (unpaired) electrons. The first-order valence-corrected chi connectivity index (χ1v) is 8.12. The summed E-state index contributed by atoms with van der Waals surface area (Å²) >= 11 is 0. The van der Waals surface area contributed by atoms with Crippen LogP contribution in [-0.4, -0.2) is 27.1 Å². The Morgan fingerprint density at radius 2 is 1.68 bits per heavy atom. The van der Waals surface area contributed by atoms with Gasteiger partial charge in [0.1, 0.15) is 0 Å². The summed E-state index contributed by atoms with van der Waals surface area (Å²) in [6.07, 6.45) is 5.94. The van der Waals surface area contributed by atoms with Gasteiger partial charge in [-0.3, -0.25) is 9.88 Å². The lowest BCUT2D eigenvalue weighted by Crippen LogP contribution is -2.40. The van der Waals surface area contributed by atoms with Crippen LogP contribution in [0.5, 0.6) is 0 Å². The molecule has 22 heavy (non-hydrogen) atoms. The molecule has 3 heteroatoms. The van der Waals surface area contributed by atoms with Gasteiger partial charge in [0, 0.05) is 25.8 Å². The van der Waals surface area contributed by atoms with E-state index in [2.05, 4.69) is 40.2 Å². The highest BCUT2D eigenvalue weighted by Crippen LogP contribution is 2.31. The topological polar surface area (TPSA) is 36.4 Å². The van der Waals surface area contributed by atoms with Gasteiger partial charge in [-0.25, -0.2) is 0 Å². The molecule has 0 atom stereocenters. The second-order valence-electron chi connectivity index (χ2n) is 6.38. The van der Waals surface area contributed by atoms with Gasteiger partial charge < -0.3 is 5.11 Å². The van der Waals surface area contributed by atoms with E-state index in [-0.39, 0.29) is 0 Å². The van der Waals surface area contributed by atoms with E-state index < -0.39 is 5.60 Å². The Hall–Kier alpha value is -1.71. The Bertz CT molecular complexity index is 523. The molecular weight excluding hydrogens is 272 g/mol. The van der Waals surface area contributed by atoms with Gasteiger partial charge in [0.15, 0.2) is 0 Å². The molecular formula is C19H24N2O. The molecule has 0 bridgehead atoms. The summed E-state index contributed by atoms with van der Waals surface area (Å²) in [7, 11) is 0. The summed E-state index contributed by atoms with van der Waals surface area (Å²) < 4.78 is 0. The van der Waals surface area contributed by atoms with Gasteiger partial charge in [0.05, 0.1) is 11.3 Å². The van der Waals surface area contributed by atoms with Crippen LogP contribution >= 0.6 is 0 Å². The standard InChI is InChI=1S/C19H24N2O/c22-19(11-5-6-12-19)16-21(14-17-8-2-1-3-9-17)15-18-10-4-7-13-20-18/h1-4,7-10,13,22H,5-6,11-12,14-16H2. The van der Waals surface area contributed by atoms with Crippen molar-refractivity contribution >= 4 is 0 Å². The summed E-state index contributed by atoms with van der Waals surface area (Å²) in [6, 6.07) is 16.5. The summed E-state index contributed by atoms with van der Waals surface area (Å²) in [5, 5.41) is 10.8. The predicted octanol–water partition coefficient (Wildman–Crippen LogP) is 3.39. The van der Waals surface area contributed by atoms with E-state index in [4.69, 9.17) is 0 Å². The van der Waals surface area contributed by atoms with Crippen LogP contribution in [0.25, 0.3) is 0 Å². The monoisotopic (exact) mass is 296 g/mol. The molecule has 0 unspecified atom stereocenters.